The fourth-order valence-electron chi connectivity index (χ4n) is 3.00. The lowest BCUT2D eigenvalue weighted by Crippen LogP contribution is -2.18. The van der Waals surface area contributed by atoms with Crippen LogP contribution in [0.2, 0.25) is 0 Å². The number of hydrogen-bond acceptors (Lipinski definition) is 3. The average molecular weight is 272 g/mol. The molecule has 3 rings (SSSR count). The summed E-state index contributed by atoms with van der Waals surface area (Å²) in [6, 6.07) is 11.9. The molecule has 0 bridgehead atoms. The van der Waals surface area contributed by atoms with Crippen LogP contribution in [0, 0.1) is 0 Å². The van der Waals surface area contributed by atoms with E-state index in [2.05, 4.69) is 6.92 Å². The minimum absolute atomic E-state index is 0.109. The van der Waals surface area contributed by atoms with E-state index in [9.17, 15) is 5.11 Å². The Morgan fingerprint density at radius 2 is 1.90 bits per heavy atom. The molecule has 0 aromatic heterocycles. The standard InChI is InChI=1S/C17H20O3/c1-11-7-9-16(20-11)17(18)14-8-10-15(19-2)13-6-4-3-5-12(13)14/h3-6,8,10-11,16-18H,7,9H2,1-2H3. The number of hydrogen-bond donors (Lipinski definition) is 1. The van der Waals surface area contributed by atoms with Crippen LogP contribution in [0.4, 0.5) is 0 Å². The maximum absolute atomic E-state index is 10.6. The summed E-state index contributed by atoms with van der Waals surface area (Å²) >= 11 is 0. The summed E-state index contributed by atoms with van der Waals surface area (Å²) < 4.78 is 11.2. The van der Waals surface area contributed by atoms with Gasteiger partial charge in [-0.3, -0.25) is 0 Å². The second-order valence-electron chi connectivity index (χ2n) is 5.41. The van der Waals surface area contributed by atoms with E-state index in [0.29, 0.717) is 0 Å². The predicted molar refractivity (Wildman–Crippen MR) is 79.0 cm³/mol. The van der Waals surface area contributed by atoms with Gasteiger partial charge in [0.15, 0.2) is 0 Å². The van der Waals surface area contributed by atoms with Crippen LogP contribution in [-0.2, 0) is 4.74 Å². The van der Waals surface area contributed by atoms with Gasteiger partial charge in [-0.1, -0.05) is 30.3 Å². The fourth-order valence-corrected chi connectivity index (χ4v) is 3.00. The van der Waals surface area contributed by atoms with E-state index in [-0.39, 0.29) is 12.2 Å². The highest BCUT2D eigenvalue weighted by Gasteiger charge is 2.30. The molecule has 2 aromatic carbocycles. The highest BCUT2D eigenvalue weighted by molar-refractivity contribution is 5.91. The van der Waals surface area contributed by atoms with Crippen molar-refractivity contribution in [2.24, 2.45) is 0 Å². The van der Waals surface area contributed by atoms with Gasteiger partial charge in [0, 0.05) is 5.39 Å². The van der Waals surface area contributed by atoms with Gasteiger partial charge in [-0.25, -0.2) is 0 Å². The van der Waals surface area contributed by atoms with Crippen LogP contribution in [0.1, 0.15) is 31.4 Å². The van der Waals surface area contributed by atoms with Gasteiger partial charge in [0.2, 0.25) is 0 Å². The first-order valence-corrected chi connectivity index (χ1v) is 7.10. The normalized spacial score (nSPS) is 23.9. The first-order chi connectivity index (χ1) is 9.70. The van der Waals surface area contributed by atoms with Crippen molar-refractivity contribution in [3.05, 3.63) is 42.0 Å². The number of aliphatic hydroxyl groups is 1. The van der Waals surface area contributed by atoms with Gasteiger partial charge in [-0.15, -0.1) is 0 Å². The Morgan fingerprint density at radius 3 is 2.55 bits per heavy atom. The summed E-state index contributed by atoms with van der Waals surface area (Å²) in [6.45, 7) is 2.05. The lowest BCUT2D eigenvalue weighted by atomic mass is 9.95. The molecule has 1 aliphatic rings. The number of benzene rings is 2. The molecule has 3 unspecified atom stereocenters. The minimum Gasteiger partial charge on any atom is -0.496 e. The molecule has 3 nitrogen and oxygen atoms in total. The van der Waals surface area contributed by atoms with Crippen molar-refractivity contribution in [1.82, 2.24) is 0 Å². The maximum Gasteiger partial charge on any atom is 0.126 e. The second kappa shape index (κ2) is 5.43. The topological polar surface area (TPSA) is 38.7 Å². The third kappa shape index (κ3) is 2.28. The van der Waals surface area contributed by atoms with Gasteiger partial charge in [0.25, 0.3) is 0 Å². The summed E-state index contributed by atoms with van der Waals surface area (Å²) in [5.74, 6) is 0.831. The lowest BCUT2D eigenvalue weighted by Gasteiger charge is -2.21. The molecule has 1 aliphatic heterocycles. The van der Waals surface area contributed by atoms with Crippen molar-refractivity contribution in [3.63, 3.8) is 0 Å². The largest absolute Gasteiger partial charge is 0.496 e. The Kier molecular flexibility index (Phi) is 3.64. The van der Waals surface area contributed by atoms with Crippen molar-refractivity contribution in [3.8, 4) is 5.75 Å². The molecule has 3 heteroatoms. The van der Waals surface area contributed by atoms with Crippen LogP contribution in [0.3, 0.4) is 0 Å². The van der Waals surface area contributed by atoms with Crippen LogP contribution in [0.15, 0.2) is 36.4 Å². The van der Waals surface area contributed by atoms with E-state index in [1.165, 1.54) is 0 Å². The summed E-state index contributed by atoms with van der Waals surface area (Å²) in [5.41, 5.74) is 0.917. The first kappa shape index (κ1) is 13.4. The molecule has 0 radical (unpaired) electrons. The zero-order chi connectivity index (χ0) is 14.1. The molecule has 1 saturated heterocycles. The number of fused-ring (bicyclic) bond motifs is 1. The van der Waals surface area contributed by atoms with E-state index in [1.807, 2.05) is 36.4 Å². The Hall–Kier alpha value is -1.58. The molecule has 3 atom stereocenters. The molecule has 0 spiro atoms. The minimum atomic E-state index is -0.587. The summed E-state index contributed by atoms with van der Waals surface area (Å²) in [5, 5.41) is 12.7. The third-order valence-corrected chi connectivity index (χ3v) is 4.07. The van der Waals surface area contributed by atoms with Crippen molar-refractivity contribution >= 4 is 10.8 Å². The van der Waals surface area contributed by atoms with Crippen LogP contribution >= 0.6 is 0 Å². The van der Waals surface area contributed by atoms with Crippen molar-refractivity contribution in [1.29, 1.82) is 0 Å². The maximum atomic E-state index is 10.6. The van der Waals surface area contributed by atoms with Gasteiger partial charge >= 0.3 is 0 Å². The van der Waals surface area contributed by atoms with E-state index >= 15 is 0 Å². The number of rotatable bonds is 3. The van der Waals surface area contributed by atoms with E-state index in [1.54, 1.807) is 7.11 Å². The Morgan fingerprint density at radius 1 is 1.15 bits per heavy atom. The van der Waals surface area contributed by atoms with Crippen molar-refractivity contribution in [2.75, 3.05) is 7.11 Å². The Balaban J connectivity index is 2.03. The van der Waals surface area contributed by atoms with E-state index < -0.39 is 6.10 Å². The van der Waals surface area contributed by atoms with Gasteiger partial charge in [0.05, 0.1) is 19.3 Å². The van der Waals surface area contributed by atoms with Crippen molar-refractivity contribution < 1.29 is 14.6 Å². The molecule has 1 fully saturated rings. The van der Waals surface area contributed by atoms with Crippen LogP contribution in [0.5, 0.6) is 5.75 Å². The van der Waals surface area contributed by atoms with Crippen LogP contribution < -0.4 is 4.74 Å². The molecule has 0 aliphatic carbocycles. The first-order valence-electron chi connectivity index (χ1n) is 7.10. The SMILES string of the molecule is COc1ccc(C(O)C2CCC(C)O2)c2ccccc12. The number of aliphatic hydroxyl groups excluding tert-OH is 1. The molecular formula is C17H20O3. The number of methoxy groups -OCH3 is 1. The van der Waals surface area contributed by atoms with E-state index in [4.69, 9.17) is 9.47 Å². The van der Waals surface area contributed by atoms with E-state index in [0.717, 1.165) is 34.9 Å². The monoisotopic (exact) mass is 272 g/mol. The third-order valence-electron chi connectivity index (χ3n) is 4.07. The quantitative estimate of drug-likeness (QED) is 0.930. The summed E-state index contributed by atoms with van der Waals surface area (Å²) in [4.78, 5) is 0. The zero-order valence-electron chi connectivity index (χ0n) is 11.9. The predicted octanol–water partition coefficient (Wildman–Crippen LogP) is 3.45. The Labute approximate surface area is 119 Å². The van der Waals surface area contributed by atoms with Crippen molar-refractivity contribution in [2.45, 2.75) is 38.1 Å². The summed E-state index contributed by atoms with van der Waals surface area (Å²) in [6.07, 6.45) is 1.45. The van der Waals surface area contributed by atoms with Gasteiger partial charge in [-0.2, -0.15) is 0 Å². The second-order valence-corrected chi connectivity index (χ2v) is 5.41. The summed E-state index contributed by atoms with van der Waals surface area (Å²) in [7, 11) is 1.67. The highest BCUT2D eigenvalue weighted by Crippen LogP contribution is 2.36. The highest BCUT2D eigenvalue weighted by atomic mass is 16.5. The molecule has 0 saturated carbocycles. The Bertz CT molecular complexity index is 608. The molecule has 20 heavy (non-hydrogen) atoms. The lowest BCUT2D eigenvalue weighted by molar-refractivity contribution is -0.0291. The zero-order valence-corrected chi connectivity index (χ0v) is 11.9. The number of ether oxygens (including phenoxy) is 2. The van der Waals surface area contributed by atoms with Crippen LogP contribution in [0.25, 0.3) is 10.8 Å². The fraction of sp³-hybridized carbons (Fsp3) is 0.412. The van der Waals surface area contributed by atoms with Gasteiger partial charge in [0.1, 0.15) is 11.9 Å². The molecular weight excluding hydrogens is 252 g/mol. The van der Waals surface area contributed by atoms with Gasteiger partial charge < -0.3 is 14.6 Å². The smallest absolute Gasteiger partial charge is 0.126 e. The molecule has 2 aromatic rings. The van der Waals surface area contributed by atoms with Gasteiger partial charge in [-0.05, 0) is 36.8 Å². The molecule has 1 heterocycles. The molecule has 0 amide bonds. The molecule has 1 N–H and O–H groups in total. The van der Waals surface area contributed by atoms with Crippen LogP contribution in [-0.4, -0.2) is 24.4 Å². The molecule has 106 valence electrons. The average Bonchev–Trinajstić information content (AvgIpc) is 2.92.